The molecule has 0 unspecified atom stereocenters. The molecule has 0 aliphatic rings. The molecule has 4 aromatic carbocycles. The SMILES string of the molecule is Oc1cc(Cc2cc(O)cc(-c3ccccc3)c2O)c(O)c(-c2ccccc2)c1. The first-order valence-electron chi connectivity index (χ1n) is 9.23. The molecule has 0 amide bonds. The second-order valence-corrected chi connectivity index (χ2v) is 6.91. The van der Waals surface area contributed by atoms with E-state index in [9.17, 15) is 20.4 Å². The Hall–Kier alpha value is -3.92. The van der Waals surface area contributed by atoms with Crippen molar-refractivity contribution in [1.82, 2.24) is 0 Å². The van der Waals surface area contributed by atoms with Crippen molar-refractivity contribution in [2.24, 2.45) is 0 Å². The average molecular weight is 384 g/mol. The minimum Gasteiger partial charge on any atom is -0.508 e. The quantitative estimate of drug-likeness (QED) is 0.354. The van der Waals surface area contributed by atoms with Gasteiger partial charge in [0.15, 0.2) is 0 Å². The Labute approximate surface area is 168 Å². The maximum atomic E-state index is 10.8. The summed E-state index contributed by atoms with van der Waals surface area (Å²) >= 11 is 0. The van der Waals surface area contributed by atoms with E-state index in [1.54, 1.807) is 0 Å². The summed E-state index contributed by atoms with van der Waals surface area (Å²) in [6.45, 7) is 0. The monoisotopic (exact) mass is 384 g/mol. The van der Waals surface area contributed by atoms with Gasteiger partial charge in [0.2, 0.25) is 0 Å². The lowest BCUT2D eigenvalue weighted by Crippen LogP contribution is -1.94. The van der Waals surface area contributed by atoms with Crippen LogP contribution in [0.3, 0.4) is 0 Å². The average Bonchev–Trinajstić information content (AvgIpc) is 2.74. The van der Waals surface area contributed by atoms with E-state index in [2.05, 4.69) is 0 Å². The van der Waals surface area contributed by atoms with E-state index in [4.69, 9.17) is 0 Å². The zero-order valence-electron chi connectivity index (χ0n) is 15.6. The highest BCUT2D eigenvalue weighted by molar-refractivity contribution is 5.76. The van der Waals surface area contributed by atoms with Gasteiger partial charge in [-0.3, -0.25) is 0 Å². The van der Waals surface area contributed by atoms with Crippen molar-refractivity contribution in [2.45, 2.75) is 6.42 Å². The van der Waals surface area contributed by atoms with Gasteiger partial charge in [0.25, 0.3) is 0 Å². The molecule has 0 saturated heterocycles. The van der Waals surface area contributed by atoms with Crippen LogP contribution < -0.4 is 0 Å². The highest BCUT2D eigenvalue weighted by Gasteiger charge is 2.17. The number of hydrogen-bond acceptors (Lipinski definition) is 4. The zero-order valence-corrected chi connectivity index (χ0v) is 15.6. The van der Waals surface area contributed by atoms with Crippen molar-refractivity contribution in [3.63, 3.8) is 0 Å². The summed E-state index contributed by atoms with van der Waals surface area (Å²) in [4.78, 5) is 0. The zero-order chi connectivity index (χ0) is 20.4. The van der Waals surface area contributed by atoms with Gasteiger partial charge in [-0.1, -0.05) is 60.7 Å². The van der Waals surface area contributed by atoms with Crippen LogP contribution in [0.15, 0.2) is 84.9 Å². The van der Waals surface area contributed by atoms with Crippen molar-refractivity contribution in [3.8, 4) is 45.3 Å². The third kappa shape index (κ3) is 3.73. The number of hydrogen-bond donors (Lipinski definition) is 4. The van der Waals surface area contributed by atoms with Gasteiger partial charge in [-0.2, -0.15) is 0 Å². The molecule has 0 radical (unpaired) electrons. The van der Waals surface area contributed by atoms with Gasteiger partial charge in [0, 0.05) is 28.7 Å². The van der Waals surface area contributed by atoms with Crippen LogP contribution in [0, 0.1) is 0 Å². The third-order valence-electron chi connectivity index (χ3n) is 4.90. The summed E-state index contributed by atoms with van der Waals surface area (Å²) in [7, 11) is 0. The molecule has 0 fully saturated rings. The van der Waals surface area contributed by atoms with Crippen molar-refractivity contribution < 1.29 is 20.4 Å². The van der Waals surface area contributed by atoms with Crippen LogP contribution in [-0.4, -0.2) is 20.4 Å². The molecule has 0 aliphatic carbocycles. The van der Waals surface area contributed by atoms with Crippen LogP contribution in [0.4, 0.5) is 0 Å². The molecule has 144 valence electrons. The lowest BCUT2D eigenvalue weighted by molar-refractivity contribution is 0.451. The Morgan fingerprint density at radius 2 is 0.862 bits per heavy atom. The second kappa shape index (κ2) is 7.60. The Balaban J connectivity index is 1.79. The molecule has 4 heteroatoms. The number of phenols is 4. The molecule has 0 spiro atoms. The first kappa shape index (κ1) is 18.4. The van der Waals surface area contributed by atoms with Gasteiger partial charge >= 0.3 is 0 Å². The van der Waals surface area contributed by atoms with Gasteiger partial charge < -0.3 is 20.4 Å². The van der Waals surface area contributed by atoms with E-state index in [1.807, 2.05) is 60.7 Å². The standard InChI is InChI=1S/C25H20O4/c26-20-12-18(24(28)22(14-20)16-7-3-1-4-8-16)11-19-13-21(27)15-23(25(19)29)17-9-5-2-6-10-17/h1-10,12-15,26-29H,11H2. The van der Waals surface area contributed by atoms with Crippen LogP contribution in [0.2, 0.25) is 0 Å². The summed E-state index contributed by atoms with van der Waals surface area (Å²) in [5.74, 6) is 0.0789. The van der Waals surface area contributed by atoms with Crippen LogP contribution in [-0.2, 0) is 6.42 Å². The van der Waals surface area contributed by atoms with E-state index in [0.717, 1.165) is 11.1 Å². The van der Waals surface area contributed by atoms with Crippen molar-refractivity contribution in [3.05, 3.63) is 96.1 Å². The molecule has 0 bridgehead atoms. The fourth-order valence-electron chi connectivity index (χ4n) is 3.51. The van der Waals surface area contributed by atoms with Gasteiger partial charge in [-0.15, -0.1) is 0 Å². The Kier molecular flexibility index (Phi) is 4.83. The minimum absolute atomic E-state index is 0.0135. The highest BCUT2D eigenvalue weighted by atomic mass is 16.3. The fraction of sp³-hybridized carbons (Fsp3) is 0.0400. The summed E-state index contributed by atoms with van der Waals surface area (Å²) in [5, 5.41) is 42.0. The first-order chi connectivity index (χ1) is 14.0. The largest absolute Gasteiger partial charge is 0.508 e. The highest BCUT2D eigenvalue weighted by Crippen LogP contribution is 2.41. The maximum Gasteiger partial charge on any atom is 0.127 e. The molecule has 4 nitrogen and oxygen atoms in total. The summed E-state index contributed by atoms with van der Waals surface area (Å²) in [6.07, 6.45) is 0.139. The van der Waals surface area contributed by atoms with Crippen LogP contribution in [0.5, 0.6) is 23.0 Å². The van der Waals surface area contributed by atoms with E-state index in [0.29, 0.717) is 22.3 Å². The molecule has 0 saturated carbocycles. The van der Waals surface area contributed by atoms with E-state index >= 15 is 0 Å². The topological polar surface area (TPSA) is 80.9 Å². The molecule has 0 aliphatic heterocycles. The lowest BCUT2D eigenvalue weighted by Gasteiger charge is -2.14. The van der Waals surface area contributed by atoms with Crippen LogP contribution >= 0.6 is 0 Å². The number of benzene rings is 4. The molecular formula is C25H20O4. The van der Waals surface area contributed by atoms with Crippen molar-refractivity contribution in [2.75, 3.05) is 0 Å². The second-order valence-electron chi connectivity index (χ2n) is 6.91. The number of rotatable bonds is 4. The van der Waals surface area contributed by atoms with Gasteiger partial charge in [0.05, 0.1) is 0 Å². The fourth-order valence-corrected chi connectivity index (χ4v) is 3.51. The molecule has 0 aromatic heterocycles. The molecular weight excluding hydrogens is 364 g/mol. The Morgan fingerprint density at radius 1 is 0.483 bits per heavy atom. The predicted molar refractivity (Wildman–Crippen MR) is 113 cm³/mol. The van der Waals surface area contributed by atoms with Crippen LogP contribution in [0.1, 0.15) is 11.1 Å². The minimum atomic E-state index is 0.0135. The predicted octanol–water partition coefficient (Wildman–Crippen LogP) is 5.43. The molecule has 4 N–H and O–H groups in total. The van der Waals surface area contributed by atoms with Crippen molar-refractivity contribution >= 4 is 0 Å². The molecule has 4 rings (SSSR count). The number of phenolic OH excluding ortho intramolecular Hbond substituents is 4. The van der Waals surface area contributed by atoms with Gasteiger partial charge in [-0.05, 0) is 35.4 Å². The Morgan fingerprint density at radius 3 is 1.24 bits per heavy atom. The van der Waals surface area contributed by atoms with E-state index in [1.165, 1.54) is 24.3 Å². The molecule has 29 heavy (non-hydrogen) atoms. The lowest BCUT2D eigenvalue weighted by atomic mass is 9.94. The van der Waals surface area contributed by atoms with Crippen LogP contribution in [0.25, 0.3) is 22.3 Å². The van der Waals surface area contributed by atoms with Gasteiger partial charge in [-0.25, -0.2) is 0 Å². The Bertz CT molecular complexity index is 1060. The summed E-state index contributed by atoms with van der Waals surface area (Å²) in [5.41, 5.74) is 3.44. The van der Waals surface area contributed by atoms with Gasteiger partial charge in [0.1, 0.15) is 23.0 Å². The normalized spacial score (nSPS) is 10.8. The molecule has 0 heterocycles. The smallest absolute Gasteiger partial charge is 0.127 e. The third-order valence-corrected chi connectivity index (χ3v) is 4.90. The number of aromatic hydroxyl groups is 4. The van der Waals surface area contributed by atoms with Crippen molar-refractivity contribution in [1.29, 1.82) is 0 Å². The molecule has 4 aromatic rings. The first-order valence-corrected chi connectivity index (χ1v) is 9.23. The molecule has 0 atom stereocenters. The summed E-state index contributed by atoms with van der Waals surface area (Å²) in [6, 6.07) is 24.5. The summed E-state index contributed by atoms with van der Waals surface area (Å²) < 4.78 is 0. The van der Waals surface area contributed by atoms with E-state index in [-0.39, 0.29) is 29.4 Å². The van der Waals surface area contributed by atoms with E-state index < -0.39 is 0 Å². The maximum absolute atomic E-state index is 10.8.